The van der Waals surface area contributed by atoms with E-state index in [2.05, 4.69) is 5.32 Å². The number of benzene rings is 2. The number of nitrogens with zero attached hydrogens (tertiary/aromatic N) is 1. The van der Waals surface area contributed by atoms with E-state index in [4.69, 9.17) is 0 Å². The molecule has 1 aliphatic rings. The third-order valence-corrected chi connectivity index (χ3v) is 5.64. The summed E-state index contributed by atoms with van der Waals surface area (Å²) in [6.07, 6.45) is 2.07. The first-order valence-corrected chi connectivity index (χ1v) is 10.3. The highest BCUT2D eigenvalue weighted by Gasteiger charge is 2.36. The van der Waals surface area contributed by atoms with Crippen LogP contribution >= 0.6 is 0 Å². The van der Waals surface area contributed by atoms with Crippen LogP contribution in [-0.2, 0) is 13.0 Å². The van der Waals surface area contributed by atoms with Crippen LogP contribution < -0.4 is 10.9 Å². The molecule has 0 bridgehead atoms. The topological polar surface area (TPSA) is 68.2 Å². The second kappa shape index (κ2) is 8.15. The Hall–Kier alpha value is -3.61. The highest BCUT2D eigenvalue weighted by Crippen LogP contribution is 2.35. The van der Waals surface area contributed by atoms with Crippen molar-refractivity contribution in [1.29, 1.82) is 0 Å². The summed E-state index contributed by atoms with van der Waals surface area (Å²) in [5.74, 6) is -1.80. The molecule has 0 unspecified atom stereocenters. The summed E-state index contributed by atoms with van der Waals surface area (Å²) < 4.78 is 28.5. The Bertz CT molecular complexity index is 1280. The molecule has 1 N–H and O–H groups in total. The molecule has 3 aromatic rings. The molecule has 0 aliphatic heterocycles. The Morgan fingerprint density at radius 1 is 1.03 bits per heavy atom. The zero-order valence-corrected chi connectivity index (χ0v) is 17.7. The summed E-state index contributed by atoms with van der Waals surface area (Å²) in [6, 6.07) is 11.2. The van der Waals surface area contributed by atoms with Crippen molar-refractivity contribution < 1.29 is 18.4 Å². The number of halogens is 2. The summed E-state index contributed by atoms with van der Waals surface area (Å²) in [5, 5.41) is 2.61. The van der Waals surface area contributed by atoms with E-state index in [-0.39, 0.29) is 29.9 Å². The van der Waals surface area contributed by atoms with Gasteiger partial charge in [0.1, 0.15) is 17.2 Å². The highest BCUT2D eigenvalue weighted by atomic mass is 19.1. The van der Waals surface area contributed by atoms with E-state index in [1.54, 1.807) is 18.2 Å². The van der Waals surface area contributed by atoms with Gasteiger partial charge in [0, 0.05) is 36.0 Å². The number of Topliss-reactive ketones (excluding diaryl/α,β-unsaturated/α-hetero) is 1. The lowest BCUT2D eigenvalue weighted by Crippen LogP contribution is -2.39. The number of pyridine rings is 1. The smallest absolute Gasteiger partial charge is 0.268 e. The number of ketones is 1. The third-order valence-electron chi connectivity index (χ3n) is 5.64. The van der Waals surface area contributed by atoms with Crippen LogP contribution in [0.4, 0.5) is 8.78 Å². The third kappa shape index (κ3) is 4.10. The standard InChI is InChI=1S/C25H22F2N2O3/c1-25(2)11-18-19(21(30)12-25)14-29(17-9-7-16(26)8-10-17)24(32)22(18)23(31)28-13-15-5-3-4-6-20(15)27/h3-10,14H,11-13H2,1-2H3,(H,28,31). The molecule has 2 aromatic carbocycles. The number of hydrogen-bond donors (Lipinski definition) is 1. The molecule has 1 amide bonds. The van der Waals surface area contributed by atoms with Crippen molar-refractivity contribution in [2.45, 2.75) is 33.2 Å². The van der Waals surface area contributed by atoms with Crippen LogP contribution in [0.5, 0.6) is 0 Å². The van der Waals surface area contributed by atoms with Crippen LogP contribution in [0.2, 0.25) is 0 Å². The summed E-state index contributed by atoms with van der Waals surface area (Å²) in [4.78, 5) is 39.4. The van der Waals surface area contributed by atoms with E-state index >= 15 is 0 Å². The number of nitrogens with one attached hydrogen (secondary N) is 1. The lowest BCUT2D eigenvalue weighted by molar-refractivity contribution is 0.0909. The largest absolute Gasteiger partial charge is 0.348 e. The second-order valence-electron chi connectivity index (χ2n) is 8.76. The molecule has 0 atom stereocenters. The molecule has 1 heterocycles. The van der Waals surface area contributed by atoms with Crippen LogP contribution in [0.25, 0.3) is 5.69 Å². The normalized spacial score (nSPS) is 14.7. The van der Waals surface area contributed by atoms with Crippen LogP contribution in [0.1, 0.15) is 52.1 Å². The van der Waals surface area contributed by atoms with Crippen LogP contribution in [-0.4, -0.2) is 16.3 Å². The molecular formula is C25H22F2N2O3. The number of carbonyl (C=O) groups excluding carboxylic acids is 2. The number of amides is 1. The van der Waals surface area contributed by atoms with Crippen molar-refractivity contribution in [3.8, 4) is 5.69 Å². The van der Waals surface area contributed by atoms with Crippen molar-refractivity contribution in [3.63, 3.8) is 0 Å². The Morgan fingerprint density at radius 3 is 2.41 bits per heavy atom. The van der Waals surface area contributed by atoms with Gasteiger partial charge in [-0.3, -0.25) is 19.0 Å². The molecular weight excluding hydrogens is 414 g/mol. The van der Waals surface area contributed by atoms with Crippen LogP contribution in [0.3, 0.4) is 0 Å². The highest BCUT2D eigenvalue weighted by molar-refractivity contribution is 6.04. The Kier molecular flexibility index (Phi) is 5.50. The summed E-state index contributed by atoms with van der Waals surface area (Å²) >= 11 is 0. The Labute approximate surface area is 183 Å². The maximum absolute atomic E-state index is 14.0. The van der Waals surface area contributed by atoms with Crippen LogP contribution in [0.15, 0.2) is 59.5 Å². The maximum Gasteiger partial charge on any atom is 0.268 e. The van der Waals surface area contributed by atoms with Gasteiger partial charge in [-0.1, -0.05) is 32.0 Å². The monoisotopic (exact) mass is 436 g/mol. The fourth-order valence-corrected chi connectivity index (χ4v) is 4.08. The zero-order chi connectivity index (χ0) is 23.0. The number of fused-ring (bicyclic) bond motifs is 1. The number of aromatic nitrogens is 1. The van der Waals surface area contributed by atoms with Gasteiger partial charge < -0.3 is 5.32 Å². The predicted molar refractivity (Wildman–Crippen MR) is 116 cm³/mol. The fraction of sp³-hybridized carbons (Fsp3) is 0.240. The van der Waals surface area contributed by atoms with Gasteiger partial charge in [-0.25, -0.2) is 8.78 Å². The number of rotatable bonds is 4. The first kappa shape index (κ1) is 21.6. The van der Waals surface area contributed by atoms with E-state index < -0.39 is 28.5 Å². The van der Waals surface area contributed by atoms with Gasteiger partial charge in [0.25, 0.3) is 11.5 Å². The fourth-order valence-electron chi connectivity index (χ4n) is 4.08. The van der Waals surface area contributed by atoms with Crippen molar-refractivity contribution in [3.05, 3.63) is 99.0 Å². The summed E-state index contributed by atoms with van der Waals surface area (Å²) in [6.45, 7) is 3.70. The van der Waals surface area contributed by atoms with Gasteiger partial charge in [0.15, 0.2) is 5.78 Å². The molecule has 1 aromatic heterocycles. The summed E-state index contributed by atoms with van der Waals surface area (Å²) in [7, 11) is 0. The molecule has 164 valence electrons. The molecule has 1 aliphatic carbocycles. The SMILES string of the molecule is CC1(C)CC(=O)c2cn(-c3ccc(F)cc3)c(=O)c(C(=O)NCc3ccccc3F)c2C1. The van der Waals surface area contributed by atoms with Gasteiger partial charge in [0.2, 0.25) is 0 Å². The van der Waals surface area contributed by atoms with Gasteiger partial charge in [-0.05, 0) is 47.7 Å². The van der Waals surface area contributed by atoms with E-state index in [1.807, 2.05) is 13.8 Å². The molecule has 5 nitrogen and oxygen atoms in total. The average molecular weight is 436 g/mol. The lowest BCUT2D eigenvalue weighted by atomic mass is 9.73. The predicted octanol–water partition coefficient (Wildman–Crippen LogP) is 4.20. The molecule has 0 saturated carbocycles. The molecule has 7 heteroatoms. The van der Waals surface area contributed by atoms with Crippen molar-refractivity contribution in [2.75, 3.05) is 0 Å². The van der Waals surface area contributed by atoms with E-state index in [0.29, 0.717) is 23.2 Å². The van der Waals surface area contributed by atoms with Crippen molar-refractivity contribution in [2.24, 2.45) is 5.41 Å². The average Bonchev–Trinajstić information content (AvgIpc) is 2.73. The number of hydrogen-bond acceptors (Lipinski definition) is 3. The Morgan fingerprint density at radius 2 is 1.72 bits per heavy atom. The molecule has 0 fully saturated rings. The van der Waals surface area contributed by atoms with Gasteiger partial charge in [0.05, 0.1) is 0 Å². The van der Waals surface area contributed by atoms with Crippen molar-refractivity contribution >= 4 is 11.7 Å². The zero-order valence-electron chi connectivity index (χ0n) is 17.7. The van der Waals surface area contributed by atoms with E-state index in [0.717, 1.165) is 0 Å². The van der Waals surface area contributed by atoms with Gasteiger partial charge >= 0.3 is 0 Å². The van der Waals surface area contributed by atoms with Crippen LogP contribution in [0, 0.1) is 17.0 Å². The van der Waals surface area contributed by atoms with Crippen molar-refractivity contribution in [1.82, 2.24) is 9.88 Å². The Balaban J connectivity index is 1.83. The second-order valence-corrected chi connectivity index (χ2v) is 8.76. The van der Waals surface area contributed by atoms with Gasteiger partial charge in [-0.15, -0.1) is 0 Å². The summed E-state index contributed by atoms with van der Waals surface area (Å²) in [5.41, 5.74) is 0.112. The first-order chi connectivity index (χ1) is 15.2. The maximum atomic E-state index is 14.0. The lowest BCUT2D eigenvalue weighted by Gasteiger charge is -2.31. The minimum Gasteiger partial charge on any atom is -0.348 e. The van der Waals surface area contributed by atoms with E-state index in [1.165, 1.54) is 41.1 Å². The first-order valence-electron chi connectivity index (χ1n) is 10.3. The quantitative estimate of drug-likeness (QED) is 0.667. The molecule has 32 heavy (non-hydrogen) atoms. The van der Waals surface area contributed by atoms with E-state index in [9.17, 15) is 23.2 Å². The van der Waals surface area contributed by atoms with Gasteiger partial charge in [-0.2, -0.15) is 0 Å². The molecule has 0 spiro atoms. The minimum atomic E-state index is -0.684. The molecule has 0 radical (unpaired) electrons. The minimum absolute atomic E-state index is 0.109. The number of carbonyl (C=O) groups is 2. The molecule has 4 rings (SSSR count). The molecule has 0 saturated heterocycles.